The minimum absolute atomic E-state index is 0.00807. The van der Waals surface area contributed by atoms with E-state index in [-0.39, 0.29) is 18.9 Å². The van der Waals surface area contributed by atoms with Gasteiger partial charge < -0.3 is 28.8 Å². The number of amides is 1. The van der Waals surface area contributed by atoms with Crippen LogP contribution in [0.15, 0.2) is 24.3 Å². The van der Waals surface area contributed by atoms with E-state index < -0.39 is 26.6 Å². The molecular formula is C41H81N2O6P. The van der Waals surface area contributed by atoms with E-state index in [1.54, 1.807) is 13.0 Å². The Kier molecular flexibility index (Phi) is 33.1. The van der Waals surface area contributed by atoms with Gasteiger partial charge in [-0.2, -0.15) is 0 Å². The van der Waals surface area contributed by atoms with Gasteiger partial charge in [-0.05, 0) is 25.7 Å². The Labute approximate surface area is 309 Å². The van der Waals surface area contributed by atoms with Crippen molar-refractivity contribution < 1.29 is 32.9 Å². The molecule has 0 aliphatic heterocycles. The van der Waals surface area contributed by atoms with Gasteiger partial charge in [-0.1, -0.05) is 173 Å². The first-order valence-corrected chi connectivity index (χ1v) is 22.2. The maximum atomic E-state index is 12.1. The third-order valence-electron chi connectivity index (χ3n) is 9.23. The van der Waals surface area contributed by atoms with Crippen LogP contribution in [0.3, 0.4) is 0 Å². The predicted molar refractivity (Wildman–Crippen MR) is 210 cm³/mol. The van der Waals surface area contributed by atoms with Crippen molar-refractivity contribution in [3.63, 3.8) is 0 Å². The second kappa shape index (κ2) is 33.8. The lowest BCUT2D eigenvalue weighted by Crippen LogP contribution is -2.45. The molecule has 0 heterocycles. The quantitative estimate of drug-likeness (QED) is 0.0285. The molecule has 296 valence electrons. The largest absolute Gasteiger partial charge is 0.756 e. The molecule has 0 aliphatic carbocycles. The molecule has 2 N–H and O–H groups in total. The summed E-state index contributed by atoms with van der Waals surface area (Å²) in [6.45, 7) is 4.06. The zero-order valence-corrected chi connectivity index (χ0v) is 34.2. The second-order valence-corrected chi connectivity index (χ2v) is 16.7. The molecule has 0 rings (SSSR count). The van der Waals surface area contributed by atoms with E-state index >= 15 is 0 Å². The van der Waals surface area contributed by atoms with Crippen LogP contribution in [0.25, 0.3) is 0 Å². The molecule has 0 fully saturated rings. The number of quaternary nitrogens is 1. The highest BCUT2D eigenvalue weighted by atomic mass is 31.2. The van der Waals surface area contributed by atoms with Gasteiger partial charge in [0, 0.05) is 6.42 Å². The zero-order chi connectivity index (χ0) is 37.2. The molecule has 0 aromatic rings. The van der Waals surface area contributed by atoms with Crippen LogP contribution in [0.5, 0.6) is 0 Å². The van der Waals surface area contributed by atoms with E-state index in [1.807, 2.05) is 27.2 Å². The number of carbonyl (C=O) groups is 1. The smallest absolute Gasteiger partial charge is 0.268 e. The molecule has 0 radical (unpaired) electrons. The number of likely N-dealkylation sites (N-methyl/N-ethyl adjacent to an activating group) is 1. The summed E-state index contributed by atoms with van der Waals surface area (Å²) in [4.78, 5) is 24.1. The first-order chi connectivity index (χ1) is 24.0. The molecule has 3 atom stereocenters. The summed E-state index contributed by atoms with van der Waals surface area (Å²) in [5.41, 5.74) is 0. The molecule has 1 amide bonds. The van der Waals surface area contributed by atoms with Crippen LogP contribution in [0.2, 0.25) is 0 Å². The maximum Gasteiger partial charge on any atom is 0.268 e. The normalized spacial score (nSPS) is 14.8. The number of rotatable bonds is 37. The number of carbonyl (C=O) groups excluding carboxylic acids is 1. The second-order valence-electron chi connectivity index (χ2n) is 15.3. The van der Waals surface area contributed by atoms with Crippen molar-refractivity contribution in [3.05, 3.63) is 24.3 Å². The fourth-order valence-corrected chi connectivity index (χ4v) is 6.56. The molecule has 0 bridgehead atoms. The third-order valence-corrected chi connectivity index (χ3v) is 10.2. The SMILES string of the molecule is CCCCCCCCCCCCCCCCCCCCCCCC/C=C/CC/C=C/C(O)C(COP(=O)([O-])OCC[N+](C)(C)C)NC(=O)CC. The summed E-state index contributed by atoms with van der Waals surface area (Å²) in [5, 5.41) is 13.2. The van der Waals surface area contributed by atoms with E-state index in [2.05, 4.69) is 24.4 Å². The number of unbranched alkanes of at least 4 members (excludes halogenated alkanes) is 23. The van der Waals surface area contributed by atoms with Gasteiger partial charge in [0.15, 0.2) is 0 Å². The van der Waals surface area contributed by atoms with E-state index in [4.69, 9.17) is 9.05 Å². The fraction of sp³-hybridized carbons (Fsp3) is 0.878. The lowest BCUT2D eigenvalue weighted by molar-refractivity contribution is -0.870. The Hall–Kier alpha value is -1.02. The van der Waals surface area contributed by atoms with Gasteiger partial charge in [0.25, 0.3) is 7.82 Å². The fourth-order valence-electron chi connectivity index (χ4n) is 5.84. The molecule has 0 saturated heterocycles. The molecule has 50 heavy (non-hydrogen) atoms. The Bertz CT molecular complexity index is 876. The van der Waals surface area contributed by atoms with Crippen LogP contribution in [-0.4, -0.2) is 68.5 Å². The van der Waals surface area contributed by atoms with E-state index in [1.165, 1.54) is 141 Å². The number of hydrogen-bond acceptors (Lipinski definition) is 6. The van der Waals surface area contributed by atoms with Crippen LogP contribution in [0.1, 0.15) is 181 Å². The first-order valence-electron chi connectivity index (χ1n) is 20.7. The summed E-state index contributed by atoms with van der Waals surface area (Å²) in [6.07, 6.45) is 40.6. The molecule has 0 aliphatic rings. The summed E-state index contributed by atoms with van der Waals surface area (Å²) in [7, 11) is 1.24. The van der Waals surface area contributed by atoms with E-state index in [9.17, 15) is 19.4 Å². The lowest BCUT2D eigenvalue weighted by atomic mass is 10.0. The standard InChI is InChI=1S/C41H81N2O6P/c1-6-8-9-10-11-12-13-14-15-16-17-18-19-20-21-22-23-24-25-26-27-28-29-30-31-32-33-34-35-40(44)39(42-41(45)7-2)38-49-50(46,47)48-37-36-43(3,4)5/h30-31,34-35,39-40,44H,6-29,32-33,36-38H2,1-5H3,(H-,42,45,46,47)/b31-30+,35-34+. The summed E-state index contributed by atoms with van der Waals surface area (Å²) in [5.74, 6) is -0.295. The average molecular weight is 729 g/mol. The summed E-state index contributed by atoms with van der Waals surface area (Å²) >= 11 is 0. The molecule has 0 spiro atoms. The molecular weight excluding hydrogens is 647 g/mol. The van der Waals surface area contributed by atoms with Crippen molar-refractivity contribution in [2.45, 2.75) is 193 Å². The van der Waals surface area contributed by atoms with Crippen molar-refractivity contribution in [3.8, 4) is 0 Å². The number of phosphoric acid groups is 1. The van der Waals surface area contributed by atoms with Gasteiger partial charge in [0.1, 0.15) is 13.2 Å². The van der Waals surface area contributed by atoms with Gasteiger partial charge in [-0.3, -0.25) is 9.36 Å². The lowest BCUT2D eigenvalue weighted by Gasteiger charge is -2.29. The van der Waals surface area contributed by atoms with Crippen LogP contribution in [-0.2, 0) is 18.4 Å². The minimum atomic E-state index is -4.55. The van der Waals surface area contributed by atoms with Crippen LogP contribution >= 0.6 is 7.82 Å². The maximum absolute atomic E-state index is 12.1. The van der Waals surface area contributed by atoms with Crippen molar-refractivity contribution in [2.24, 2.45) is 0 Å². The molecule has 3 unspecified atom stereocenters. The molecule has 0 saturated carbocycles. The summed E-state index contributed by atoms with van der Waals surface area (Å²) in [6, 6.07) is -0.896. The third kappa shape index (κ3) is 35.4. The molecule has 9 heteroatoms. The van der Waals surface area contributed by atoms with Crippen molar-refractivity contribution >= 4 is 13.7 Å². The van der Waals surface area contributed by atoms with Crippen LogP contribution in [0.4, 0.5) is 0 Å². The highest BCUT2D eigenvalue weighted by Crippen LogP contribution is 2.38. The van der Waals surface area contributed by atoms with Gasteiger partial charge in [0.2, 0.25) is 5.91 Å². The van der Waals surface area contributed by atoms with Crippen molar-refractivity contribution in [1.29, 1.82) is 0 Å². The number of hydrogen-bond donors (Lipinski definition) is 2. The number of aliphatic hydroxyl groups excluding tert-OH is 1. The van der Waals surface area contributed by atoms with E-state index in [0.29, 0.717) is 11.0 Å². The van der Waals surface area contributed by atoms with Gasteiger partial charge >= 0.3 is 0 Å². The van der Waals surface area contributed by atoms with Crippen molar-refractivity contribution in [1.82, 2.24) is 5.32 Å². The van der Waals surface area contributed by atoms with Crippen LogP contribution < -0.4 is 10.2 Å². The Morgan fingerprint density at radius 1 is 0.680 bits per heavy atom. The Morgan fingerprint density at radius 3 is 1.54 bits per heavy atom. The highest BCUT2D eigenvalue weighted by Gasteiger charge is 2.22. The number of aliphatic hydroxyl groups is 1. The number of allylic oxidation sites excluding steroid dienone is 3. The highest BCUT2D eigenvalue weighted by molar-refractivity contribution is 7.45. The number of nitrogens with zero attached hydrogens (tertiary/aromatic N) is 1. The topological polar surface area (TPSA) is 108 Å². The average Bonchev–Trinajstić information content (AvgIpc) is 3.06. The number of nitrogens with one attached hydrogen (secondary N) is 1. The monoisotopic (exact) mass is 729 g/mol. The predicted octanol–water partition coefficient (Wildman–Crippen LogP) is 10.3. The first kappa shape index (κ1) is 49.0. The van der Waals surface area contributed by atoms with Gasteiger partial charge in [-0.25, -0.2) is 0 Å². The molecule has 0 aromatic carbocycles. The molecule has 8 nitrogen and oxygen atoms in total. The minimum Gasteiger partial charge on any atom is -0.756 e. The van der Waals surface area contributed by atoms with E-state index in [0.717, 1.165) is 19.3 Å². The zero-order valence-electron chi connectivity index (χ0n) is 33.4. The van der Waals surface area contributed by atoms with Crippen molar-refractivity contribution in [2.75, 3.05) is 40.9 Å². The Balaban J connectivity index is 3.78. The Morgan fingerprint density at radius 2 is 1.10 bits per heavy atom. The summed E-state index contributed by atoms with van der Waals surface area (Å²) < 4.78 is 22.6. The molecule has 0 aromatic heterocycles. The van der Waals surface area contributed by atoms with Crippen LogP contribution in [0, 0.1) is 0 Å². The van der Waals surface area contributed by atoms with Gasteiger partial charge in [-0.15, -0.1) is 0 Å². The van der Waals surface area contributed by atoms with Gasteiger partial charge in [0.05, 0.1) is 39.9 Å². The number of phosphoric ester groups is 1.